The summed E-state index contributed by atoms with van der Waals surface area (Å²) in [6, 6.07) is 3.73. The normalized spacial score (nSPS) is 11.6. The maximum atomic E-state index is 10.7. The second-order valence-electron chi connectivity index (χ2n) is 3.20. The number of carboxylic acids is 1. The highest BCUT2D eigenvalue weighted by Gasteiger charge is 2.13. The summed E-state index contributed by atoms with van der Waals surface area (Å²) >= 11 is 0. The molecular formula is C10H14ClNO4. The van der Waals surface area contributed by atoms with Crippen LogP contribution in [0.4, 0.5) is 0 Å². The van der Waals surface area contributed by atoms with Crippen LogP contribution in [0.2, 0.25) is 0 Å². The fourth-order valence-corrected chi connectivity index (χ4v) is 1.26. The van der Waals surface area contributed by atoms with Gasteiger partial charge in [-0.2, -0.15) is 0 Å². The molecule has 0 aliphatic heterocycles. The third-order valence-corrected chi connectivity index (χ3v) is 2.12. The fourth-order valence-electron chi connectivity index (χ4n) is 1.26. The van der Waals surface area contributed by atoms with Gasteiger partial charge in [0.1, 0.15) is 11.3 Å². The number of aliphatic hydroxyl groups is 1. The molecule has 0 fully saturated rings. The van der Waals surface area contributed by atoms with Gasteiger partial charge in [-0.25, -0.2) is 4.79 Å². The summed E-state index contributed by atoms with van der Waals surface area (Å²) in [4.78, 5) is 10.7. The molecule has 0 amide bonds. The van der Waals surface area contributed by atoms with E-state index in [-0.39, 0.29) is 30.3 Å². The molecule has 0 aliphatic carbocycles. The number of rotatable bonds is 4. The third kappa shape index (κ3) is 3.37. The molecule has 1 aromatic carbocycles. The first-order valence-electron chi connectivity index (χ1n) is 4.49. The molecule has 16 heavy (non-hydrogen) atoms. The van der Waals surface area contributed by atoms with Crippen molar-refractivity contribution in [3.05, 3.63) is 29.3 Å². The number of carbonyl (C=O) groups is 1. The predicted molar refractivity (Wildman–Crippen MR) is 60.9 cm³/mol. The van der Waals surface area contributed by atoms with Crippen LogP contribution in [0.3, 0.4) is 0 Å². The average Bonchev–Trinajstić information content (AvgIpc) is 2.18. The maximum absolute atomic E-state index is 10.7. The highest BCUT2D eigenvalue weighted by Crippen LogP contribution is 2.22. The minimum Gasteiger partial charge on any atom is -0.507 e. The number of halogens is 1. The summed E-state index contributed by atoms with van der Waals surface area (Å²) in [5, 5.41) is 26.7. The lowest BCUT2D eigenvalue weighted by Crippen LogP contribution is -2.12. The first-order valence-corrected chi connectivity index (χ1v) is 4.49. The quantitative estimate of drug-likeness (QED) is 0.633. The fraction of sp³-hybridized carbons (Fsp3) is 0.300. The van der Waals surface area contributed by atoms with Crippen LogP contribution in [0.5, 0.6) is 5.75 Å². The van der Waals surface area contributed by atoms with Crippen molar-refractivity contribution in [1.29, 1.82) is 0 Å². The van der Waals surface area contributed by atoms with E-state index in [2.05, 4.69) is 0 Å². The van der Waals surface area contributed by atoms with Crippen molar-refractivity contribution < 1.29 is 20.1 Å². The number of hydrogen-bond donors (Lipinski definition) is 4. The lowest BCUT2D eigenvalue weighted by atomic mass is 10.0. The molecular weight excluding hydrogens is 234 g/mol. The molecule has 1 atom stereocenters. The van der Waals surface area contributed by atoms with Gasteiger partial charge in [-0.3, -0.25) is 0 Å². The molecule has 6 heteroatoms. The van der Waals surface area contributed by atoms with Crippen LogP contribution in [0, 0.1) is 0 Å². The zero-order valence-electron chi connectivity index (χ0n) is 8.46. The summed E-state index contributed by atoms with van der Waals surface area (Å²) < 4.78 is 0. The van der Waals surface area contributed by atoms with Crippen LogP contribution < -0.4 is 5.73 Å². The molecule has 0 spiro atoms. The standard InChI is InChI=1S/C10H13NO4.ClH/c11-8(3-4-12)6-1-2-9(13)7(5-6)10(14)15;/h1-2,5,8,12-13H,3-4,11H2,(H,14,15);1H/t8-;/m1./s1. The molecule has 1 rings (SSSR count). The Morgan fingerprint density at radius 3 is 2.56 bits per heavy atom. The lowest BCUT2D eigenvalue weighted by molar-refractivity contribution is 0.0693. The molecule has 0 unspecified atom stereocenters. The van der Waals surface area contributed by atoms with Gasteiger partial charge < -0.3 is 21.1 Å². The maximum Gasteiger partial charge on any atom is 0.339 e. The Morgan fingerprint density at radius 2 is 2.06 bits per heavy atom. The highest BCUT2D eigenvalue weighted by molar-refractivity contribution is 5.90. The molecule has 0 saturated heterocycles. The molecule has 0 saturated carbocycles. The van der Waals surface area contributed by atoms with Crippen molar-refractivity contribution in [3.8, 4) is 5.75 Å². The summed E-state index contributed by atoms with van der Waals surface area (Å²) in [5.74, 6) is -1.49. The number of benzene rings is 1. The Morgan fingerprint density at radius 1 is 1.44 bits per heavy atom. The topological polar surface area (TPSA) is 104 Å². The van der Waals surface area contributed by atoms with Gasteiger partial charge in [0, 0.05) is 12.6 Å². The molecule has 90 valence electrons. The van der Waals surface area contributed by atoms with Crippen LogP contribution in [-0.4, -0.2) is 27.9 Å². The second-order valence-corrected chi connectivity index (χ2v) is 3.20. The zero-order valence-corrected chi connectivity index (χ0v) is 9.28. The Kier molecular flexibility index (Phi) is 5.81. The van der Waals surface area contributed by atoms with Gasteiger partial charge in [-0.15, -0.1) is 12.4 Å². The summed E-state index contributed by atoms with van der Waals surface area (Å²) in [6.45, 7) is -0.0650. The number of phenols is 1. The monoisotopic (exact) mass is 247 g/mol. The largest absolute Gasteiger partial charge is 0.507 e. The van der Waals surface area contributed by atoms with E-state index in [4.69, 9.17) is 15.9 Å². The van der Waals surface area contributed by atoms with Crippen molar-refractivity contribution in [2.75, 3.05) is 6.61 Å². The lowest BCUT2D eigenvalue weighted by Gasteiger charge is -2.11. The number of nitrogens with two attached hydrogens (primary N) is 1. The van der Waals surface area contributed by atoms with E-state index in [1.807, 2.05) is 0 Å². The van der Waals surface area contributed by atoms with E-state index < -0.39 is 12.0 Å². The molecule has 5 nitrogen and oxygen atoms in total. The minimum absolute atomic E-state index is 0. The van der Waals surface area contributed by atoms with Crippen LogP contribution in [0.25, 0.3) is 0 Å². The average molecular weight is 248 g/mol. The van der Waals surface area contributed by atoms with Crippen LogP contribution in [0.15, 0.2) is 18.2 Å². The first kappa shape index (κ1) is 14.7. The van der Waals surface area contributed by atoms with Crippen molar-refractivity contribution in [1.82, 2.24) is 0 Å². The smallest absolute Gasteiger partial charge is 0.339 e. The van der Waals surface area contributed by atoms with Crippen LogP contribution in [-0.2, 0) is 0 Å². The highest BCUT2D eigenvalue weighted by atomic mass is 35.5. The third-order valence-electron chi connectivity index (χ3n) is 2.12. The van der Waals surface area contributed by atoms with Gasteiger partial charge in [-0.05, 0) is 24.1 Å². The molecule has 0 aromatic heterocycles. The molecule has 1 aromatic rings. The number of aromatic hydroxyl groups is 1. The summed E-state index contributed by atoms with van der Waals surface area (Å²) in [5.41, 5.74) is 6.09. The number of aliphatic hydroxyl groups excluding tert-OH is 1. The van der Waals surface area contributed by atoms with E-state index in [0.717, 1.165) is 0 Å². The van der Waals surface area contributed by atoms with Crippen LogP contribution in [0.1, 0.15) is 28.4 Å². The number of aromatic carboxylic acids is 1. The minimum atomic E-state index is -1.20. The van der Waals surface area contributed by atoms with Crippen LogP contribution >= 0.6 is 12.4 Å². The second kappa shape index (κ2) is 6.32. The SMILES string of the molecule is Cl.N[C@H](CCO)c1ccc(O)c(C(=O)O)c1. The molecule has 5 N–H and O–H groups in total. The number of hydrogen-bond acceptors (Lipinski definition) is 4. The molecule has 0 heterocycles. The van der Waals surface area contributed by atoms with E-state index >= 15 is 0 Å². The Balaban J connectivity index is 0.00000225. The van der Waals surface area contributed by atoms with Crippen molar-refractivity contribution in [3.63, 3.8) is 0 Å². The molecule has 0 aliphatic rings. The predicted octanol–water partition coefficient (Wildman–Crippen LogP) is 0.894. The van der Waals surface area contributed by atoms with E-state index in [9.17, 15) is 9.90 Å². The Labute approximate surface area is 98.9 Å². The van der Waals surface area contributed by atoms with E-state index in [0.29, 0.717) is 12.0 Å². The van der Waals surface area contributed by atoms with Gasteiger partial charge in [0.15, 0.2) is 0 Å². The molecule has 0 radical (unpaired) electrons. The van der Waals surface area contributed by atoms with E-state index in [1.165, 1.54) is 12.1 Å². The van der Waals surface area contributed by atoms with Gasteiger partial charge in [0.25, 0.3) is 0 Å². The number of carboxylic acid groups (broad SMARTS) is 1. The van der Waals surface area contributed by atoms with Gasteiger partial charge >= 0.3 is 5.97 Å². The van der Waals surface area contributed by atoms with E-state index in [1.54, 1.807) is 6.07 Å². The zero-order chi connectivity index (χ0) is 11.4. The molecule has 0 bridgehead atoms. The van der Waals surface area contributed by atoms with Gasteiger partial charge in [0.2, 0.25) is 0 Å². The Bertz CT molecular complexity index is 370. The Hall–Kier alpha value is -1.30. The first-order chi connectivity index (χ1) is 7.06. The van der Waals surface area contributed by atoms with Crippen molar-refractivity contribution in [2.24, 2.45) is 5.73 Å². The van der Waals surface area contributed by atoms with Gasteiger partial charge in [0.05, 0.1) is 0 Å². The van der Waals surface area contributed by atoms with Crippen molar-refractivity contribution in [2.45, 2.75) is 12.5 Å². The van der Waals surface area contributed by atoms with Crippen molar-refractivity contribution >= 4 is 18.4 Å². The van der Waals surface area contributed by atoms with Gasteiger partial charge in [-0.1, -0.05) is 6.07 Å². The summed E-state index contributed by atoms with van der Waals surface area (Å²) in [6.07, 6.45) is 0.351. The summed E-state index contributed by atoms with van der Waals surface area (Å²) in [7, 11) is 0.